The number of fused-ring (bicyclic) bond motifs is 1. The number of carbonyl (C=O) groups excluding carboxylic acids is 1. The quantitative estimate of drug-likeness (QED) is 0.758. The van der Waals surface area contributed by atoms with E-state index in [2.05, 4.69) is 6.07 Å². The van der Waals surface area contributed by atoms with Gasteiger partial charge in [-0.05, 0) is 43.0 Å². The Kier molecular flexibility index (Phi) is 3.87. The second-order valence-corrected chi connectivity index (χ2v) is 5.43. The average molecular weight is 277 g/mol. The van der Waals surface area contributed by atoms with Gasteiger partial charge in [-0.25, -0.2) is 0 Å². The zero-order chi connectivity index (χ0) is 14.7. The first-order chi connectivity index (χ1) is 10.3. The average Bonchev–Trinajstić information content (AvgIpc) is 2.54. The molecule has 2 aromatic rings. The van der Waals surface area contributed by atoms with Gasteiger partial charge in [0.1, 0.15) is 0 Å². The summed E-state index contributed by atoms with van der Waals surface area (Å²) in [5.74, 6) is 0.103. The lowest BCUT2D eigenvalue weighted by atomic mass is 10.0. The summed E-state index contributed by atoms with van der Waals surface area (Å²) in [6.07, 6.45) is 4.04. The molecule has 106 valence electrons. The first-order valence-corrected chi connectivity index (χ1v) is 7.39. The molecule has 1 amide bonds. The van der Waals surface area contributed by atoms with Crippen LogP contribution in [0.25, 0.3) is 6.08 Å². The Hall–Kier alpha value is -2.35. The summed E-state index contributed by atoms with van der Waals surface area (Å²) in [7, 11) is 0. The van der Waals surface area contributed by atoms with Crippen molar-refractivity contribution in [1.29, 1.82) is 0 Å². The Labute approximate surface area is 125 Å². The molecule has 0 saturated heterocycles. The van der Waals surface area contributed by atoms with Crippen LogP contribution >= 0.6 is 0 Å². The summed E-state index contributed by atoms with van der Waals surface area (Å²) < 4.78 is 0. The van der Waals surface area contributed by atoms with Crippen molar-refractivity contribution in [3.8, 4) is 0 Å². The van der Waals surface area contributed by atoms with Gasteiger partial charge in [0, 0.05) is 17.8 Å². The van der Waals surface area contributed by atoms with E-state index in [4.69, 9.17) is 0 Å². The van der Waals surface area contributed by atoms with E-state index >= 15 is 0 Å². The Balaban J connectivity index is 1.88. The van der Waals surface area contributed by atoms with Crippen LogP contribution in [0.3, 0.4) is 0 Å². The predicted molar refractivity (Wildman–Crippen MR) is 87.2 cm³/mol. The van der Waals surface area contributed by atoms with E-state index in [1.54, 1.807) is 0 Å². The van der Waals surface area contributed by atoms with E-state index in [1.807, 2.05) is 66.4 Å². The van der Waals surface area contributed by atoms with Gasteiger partial charge >= 0.3 is 0 Å². The van der Waals surface area contributed by atoms with Crippen LogP contribution in [0, 0.1) is 0 Å². The standard InChI is InChI=1S/C19H19NO/c1-15(14-16-8-3-2-4-9-16)19(21)20-13-7-11-17-10-5-6-12-18(17)20/h2-6,8-10,12,14H,7,11,13H2,1H3. The number of para-hydroxylation sites is 1. The molecule has 1 aliphatic heterocycles. The van der Waals surface area contributed by atoms with Crippen molar-refractivity contribution in [2.75, 3.05) is 11.4 Å². The number of hydrogen-bond donors (Lipinski definition) is 0. The molecule has 0 saturated carbocycles. The van der Waals surface area contributed by atoms with Crippen LogP contribution in [0.2, 0.25) is 0 Å². The Morgan fingerprint density at radius 1 is 1.05 bits per heavy atom. The molecule has 0 aromatic heterocycles. The van der Waals surface area contributed by atoms with Gasteiger partial charge < -0.3 is 4.90 Å². The number of aryl methyl sites for hydroxylation is 1. The van der Waals surface area contributed by atoms with Gasteiger partial charge in [-0.1, -0.05) is 48.5 Å². The van der Waals surface area contributed by atoms with Crippen molar-refractivity contribution < 1.29 is 4.79 Å². The number of nitrogens with zero attached hydrogens (tertiary/aromatic N) is 1. The molecular weight excluding hydrogens is 258 g/mol. The van der Waals surface area contributed by atoms with Gasteiger partial charge in [0.2, 0.25) is 0 Å². The lowest BCUT2D eigenvalue weighted by molar-refractivity contribution is -0.115. The molecule has 2 nitrogen and oxygen atoms in total. The van der Waals surface area contributed by atoms with Crippen molar-refractivity contribution in [3.05, 3.63) is 71.3 Å². The zero-order valence-electron chi connectivity index (χ0n) is 12.3. The fourth-order valence-corrected chi connectivity index (χ4v) is 2.82. The van der Waals surface area contributed by atoms with Gasteiger partial charge in [0.05, 0.1) is 0 Å². The maximum atomic E-state index is 12.7. The molecular formula is C19H19NO. The molecule has 0 bridgehead atoms. The van der Waals surface area contributed by atoms with Crippen molar-refractivity contribution >= 4 is 17.7 Å². The van der Waals surface area contributed by atoms with Crippen LogP contribution in [0.5, 0.6) is 0 Å². The molecule has 3 rings (SSSR count). The fourth-order valence-electron chi connectivity index (χ4n) is 2.82. The predicted octanol–water partition coefficient (Wildman–Crippen LogP) is 4.07. The minimum absolute atomic E-state index is 0.103. The lowest BCUT2D eigenvalue weighted by Gasteiger charge is -2.29. The molecule has 0 N–H and O–H groups in total. The largest absolute Gasteiger partial charge is 0.308 e. The van der Waals surface area contributed by atoms with Crippen molar-refractivity contribution in [3.63, 3.8) is 0 Å². The fraction of sp³-hybridized carbons (Fsp3) is 0.211. The van der Waals surface area contributed by atoms with E-state index < -0.39 is 0 Å². The molecule has 0 atom stereocenters. The summed E-state index contributed by atoms with van der Waals surface area (Å²) >= 11 is 0. The van der Waals surface area contributed by atoms with Crippen LogP contribution in [0.15, 0.2) is 60.2 Å². The number of benzene rings is 2. The van der Waals surface area contributed by atoms with Crippen LogP contribution in [-0.2, 0) is 11.2 Å². The van der Waals surface area contributed by atoms with E-state index in [0.29, 0.717) is 0 Å². The SMILES string of the molecule is CC(=Cc1ccccc1)C(=O)N1CCCc2ccccc21. The smallest absolute Gasteiger partial charge is 0.253 e. The minimum Gasteiger partial charge on any atom is -0.308 e. The molecule has 21 heavy (non-hydrogen) atoms. The number of carbonyl (C=O) groups is 1. The number of anilines is 1. The summed E-state index contributed by atoms with van der Waals surface area (Å²) in [5.41, 5.74) is 4.17. The highest BCUT2D eigenvalue weighted by Gasteiger charge is 2.22. The Morgan fingerprint density at radius 2 is 1.76 bits per heavy atom. The van der Waals surface area contributed by atoms with E-state index in [9.17, 15) is 4.79 Å². The molecule has 2 aromatic carbocycles. The van der Waals surface area contributed by atoms with E-state index in [0.717, 1.165) is 36.2 Å². The Morgan fingerprint density at radius 3 is 2.57 bits per heavy atom. The second kappa shape index (κ2) is 5.96. The maximum Gasteiger partial charge on any atom is 0.253 e. The minimum atomic E-state index is 0.103. The lowest BCUT2D eigenvalue weighted by Crippen LogP contribution is -2.35. The van der Waals surface area contributed by atoms with Gasteiger partial charge in [0.25, 0.3) is 5.91 Å². The molecule has 0 unspecified atom stereocenters. The molecule has 0 spiro atoms. The van der Waals surface area contributed by atoms with Crippen LogP contribution in [0.4, 0.5) is 5.69 Å². The topological polar surface area (TPSA) is 20.3 Å². The monoisotopic (exact) mass is 277 g/mol. The number of hydrogen-bond acceptors (Lipinski definition) is 1. The maximum absolute atomic E-state index is 12.7. The van der Waals surface area contributed by atoms with E-state index in [-0.39, 0.29) is 5.91 Å². The van der Waals surface area contributed by atoms with Gasteiger partial charge in [-0.15, -0.1) is 0 Å². The highest BCUT2D eigenvalue weighted by Crippen LogP contribution is 2.28. The molecule has 0 radical (unpaired) electrons. The third-order valence-electron chi connectivity index (χ3n) is 3.88. The van der Waals surface area contributed by atoms with Gasteiger partial charge in [0.15, 0.2) is 0 Å². The second-order valence-electron chi connectivity index (χ2n) is 5.43. The number of amides is 1. The van der Waals surface area contributed by atoms with E-state index in [1.165, 1.54) is 5.56 Å². The number of rotatable bonds is 2. The Bertz CT molecular complexity index is 673. The normalized spacial score (nSPS) is 14.7. The molecule has 0 aliphatic carbocycles. The van der Waals surface area contributed by atoms with Gasteiger partial charge in [-0.2, -0.15) is 0 Å². The first-order valence-electron chi connectivity index (χ1n) is 7.39. The van der Waals surface area contributed by atoms with Gasteiger partial charge in [-0.3, -0.25) is 4.79 Å². The first kappa shape index (κ1) is 13.6. The highest BCUT2D eigenvalue weighted by atomic mass is 16.2. The van der Waals surface area contributed by atoms with Crippen LogP contribution in [-0.4, -0.2) is 12.5 Å². The molecule has 1 heterocycles. The van der Waals surface area contributed by atoms with Crippen molar-refractivity contribution in [2.24, 2.45) is 0 Å². The third kappa shape index (κ3) is 2.89. The van der Waals surface area contributed by atoms with Crippen molar-refractivity contribution in [1.82, 2.24) is 0 Å². The van der Waals surface area contributed by atoms with Crippen LogP contribution in [0.1, 0.15) is 24.5 Å². The zero-order valence-corrected chi connectivity index (χ0v) is 12.3. The molecule has 1 aliphatic rings. The van der Waals surface area contributed by atoms with Crippen molar-refractivity contribution in [2.45, 2.75) is 19.8 Å². The summed E-state index contributed by atoms with van der Waals surface area (Å²) in [6, 6.07) is 18.2. The summed E-state index contributed by atoms with van der Waals surface area (Å²) in [6.45, 7) is 2.70. The summed E-state index contributed by atoms with van der Waals surface area (Å²) in [5, 5.41) is 0. The molecule has 0 fully saturated rings. The molecule has 2 heteroatoms. The summed E-state index contributed by atoms with van der Waals surface area (Å²) in [4.78, 5) is 14.6. The third-order valence-corrected chi connectivity index (χ3v) is 3.88. The highest BCUT2D eigenvalue weighted by molar-refractivity contribution is 6.08. The van der Waals surface area contributed by atoms with Crippen LogP contribution < -0.4 is 4.90 Å².